The fourth-order valence-electron chi connectivity index (χ4n) is 2.74. The maximum Gasteiger partial charge on any atom is 0.307 e. The maximum absolute atomic E-state index is 12.0. The van der Waals surface area contributed by atoms with E-state index in [1.54, 1.807) is 31.4 Å². The van der Waals surface area contributed by atoms with Crippen LogP contribution in [0.25, 0.3) is 0 Å². The summed E-state index contributed by atoms with van der Waals surface area (Å²) in [6, 6.07) is 15.0. The van der Waals surface area contributed by atoms with Crippen LogP contribution < -0.4 is 10.1 Å². The molecular formula is C21H25NO4. The SMILES string of the molecule is COc1ccc(CCCCCC(=O)Nc2cccc(CC(=O)O)c2)cc1. The highest BCUT2D eigenvalue weighted by molar-refractivity contribution is 5.90. The van der Waals surface area contributed by atoms with Gasteiger partial charge in [-0.25, -0.2) is 0 Å². The summed E-state index contributed by atoms with van der Waals surface area (Å²) in [4.78, 5) is 22.8. The van der Waals surface area contributed by atoms with Gasteiger partial charge in [0.2, 0.25) is 5.91 Å². The maximum atomic E-state index is 12.0. The zero-order valence-corrected chi connectivity index (χ0v) is 15.0. The Balaban J connectivity index is 1.66. The minimum Gasteiger partial charge on any atom is -0.497 e. The number of carbonyl (C=O) groups is 2. The van der Waals surface area contributed by atoms with Gasteiger partial charge in [-0.3, -0.25) is 9.59 Å². The summed E-state index contributed by atoms with van der Waals surface area (Å²) in [7, 11) is 1.66. The highest BCUT2D eigenvalue weighted by Gasteiger charge is 2.05. The number of ether oxygens (including phenoxy) is 1. The summed E-state index contributed by atoms with van der Waals surface area (Å²) >= 11 is 0. The third kappa shape index (κ3) is 6.97. The van der Waals surface area contributed by atoms with Crippen LogP contribution in [-0.4, -0.2) is 24.1 Å². The van der Waals surface area contributed by atoms with E-state index in [2.05, 4.69) is 17.4 Å². The van der Waals surface area contributed by atoms with E-state index in [1.165, 1.54) is 5.56 Å². The molecule has 5 nitrogen and oxygen atoms in total. The fraction of sp³-hybridized carbons (Fsp3) is 0.333. The van der Waals surface area contributed by atoms with Crippen LogP contribution in [-0.2, 0) is 22.4 Å². The number of hydrogen-bond donors (Lipinski definition) is 2. The molecule has 0 bridgehead atoms. The smallest absolute Gasteiger partial charge is 0.307 e. The molecule has 0 aromatic heterocycles. The summed E-state index contributed by atoms with van der Waals surface area (Å²) in [6.45, 7) is 0. The van der Waals surface area contributed by atoms with Gasteiger partial charge in [0.25, 0.3) is 0 Å². The molecular weight excluding hydrogens is 330 g/mol. The lowest BCUT2D eigenvalue weighted by molar-refractivity contribution is -0.136. The molecule has 2 aromatic carbocycles. The zero-order valence-electron chi connectivity index (χ0n) is 15.0. The Bertz CT molecular complexity index is 725. The van der Waals surface area contributed by atoms with Gasteiger partial charge in [-0.1, -0.05) is 30.7 Å². The molecule has 0 heterocycles. The standard InChI is InChI=1S/C21H25NO4/c1-26-19-12-10-16(11-13-19)6-3-2-4-9-20(23)22-18-8-5-7-17(14-18)15-21(24)25/h5,7-8,10-14H,2-4,6,9,15H2,1H3,(H,22,23)(H,24,25). The number of unbranched alkanes of at least 4 members (excludes halogenated alkanes) is 2. The van der Waals surface area contributed by atoms with Crippen molar-refractivity contribution in [3.05, 3.63) is 59.7 Å². The van der Waals surface area contributed by atoms with Crippen LogP contribution in [0, 0.1) is 0 Å². The molecule has 0 atom stereocenters. The monoisotopic (exact) mass is 355 g/mol. The average molecular weight is 355 g/mol. The number of rotatable bonds is 10. The van der Waals surface area contributed by atoms with Gasteiger partial charge in [0, 0.05) is 12.1 Å². The predicted molar refractivity (Wildman–Crippen MR) is 102 cm³/mol. The normalized spacial score (nSPS) is 10.3. The van der Waals surface area contributed by atoms with Gasteiger partial charge in [-0.2, -0.15) is 0 Å². The molecule has 5 heteroatoms. The van der Waals surface area contributed by atoms with Gasteiger partial charge in [0.05, 0.1) is 13.5 Å². The Hall–Kier alpha value is -2.82. The number of carbonyl (C=O) groups excluding carboxylic acids is 1. The Morgan fingerprint density at radius 1 is 1.00 bits per heavy atom. The quantitative estimate of drug-likeness (QED) is 0.630. The first-order valence-electron chi connectivity index (χ1n) is 8.80. The van der Waals surface area contributed by atoms with Crippen LogP contribution in [0.3, 0.4) is 0 Å². The molecule has 0 radical (unpaired) electrons. The Morgan fingerprint density at radius 3 is 2.46 bits per heavy atom. The van der Waals surface area contributed by atoms with E-state index in [-0.39, 0.29) is 12.3 Å². The number of carboxylic acid groups (broad SMARTS) is 1. The van der Waals surface area contributed by atoms with Gasteiger partial charge >= 0.3 is 5.97 Å². The van der Waals surface area contributed by atoms with Crippen LogP contribution in [0.1, 0.15) is 36.8 Å². The molecule has 26 heavy (non-hydrogen) atoms. The molecule has 0 aliphatic heterocycles. The number of benzene rings is 2. The van der Waals surface area contributed by atoms with Gasteiger partial charge in [-0.15, -0.1) is 0 Å². The molecule has 138 valence electrons. The number of aliphatic carboxylic acids is 1. The van der Waals surface area contributed by atoms with Crippen LogP contribution in [0.15, 0.2) is 48.5 Å². The van der Waals surface area contributed by atoms with Crippen molar-refractivity contribution >= 4 is 17.6 Å². The second-order valence-electron chi connectivity index (χ2n) is 6.23. The molecule has 0 fully saturated rings. The Kier molecular flexibility index (Phi) is 7.68. The van der Waals surface area contributed by atoms with E-state index in [0.717, 1.165) is 31.4 Å². The van der Waals surface area contributed by atoms with Crippen LogP contribution >= 0.6 is 0 Å². The molecule has 0 aliphatic rings. The first kappa shape index (κ1) is 19.5. The summed E-state index contributed by atoms with van der Waals surface area (Å²) in [5, 5.41) is 11.7. The molecule has 2 rings (SSSR count). The number of amides is 1. The van der Waals surface area contributed by atoms with E-state index < -0.39 is 5.97 Å². The Morgan fingerprint density at radius 2 is 1.77 bits per heavy atom. The topological polar surface area (TPSA) is 75.6 Å². The Labute approximate surface area is 154 Å². The number of anilines is 1. The molecule has 2 N–H and O–H groups in total. The second kappa shape index (κ2) is 10.2. The molecule has 0 unspecified atom stereocenters. The number of aryl methyl sites for hydroxylation is 1. The van der Waals surface area contributed by atoms with Crippen molar-refractivity contribution in [3.63, 3.8) is 0 Å². The lowest BCUT2D eigenvalue weighted by atomic mass is 10.1. The summed E-state index contributed by atoms with van der Waals surface area (Å²) < 4.78 is 5.14. The number of nitrogens with one attached hydrogen (secondary N) is 1. The van der Waals surface area contributed by atoms with Gasteiger partial charge in [0.15, 0.2) is 0 Å². The number of methoxy groups -OCH3 is 1. The number of hydrogen-bond acceptors (Lipinski definition) is 3. The lowest BCUT2D eigenvalue weighted by Gasteiger charge is -2.07. The lowest BCUT2D eigenvalue weighted by Crippen LogP contribution is -2.11. The molecule has 0 saturated heterocycles. The summed E-state index contributed by atoms with van der Waals surface area (Å²) in [5.74, 6) is -0.0647. The third-order valence-electron chi connectivity index (χ3n) is 4.09. The number of carboxylic acids is 1. The summed E-state index contributed by atoms with van der Waals surface area (Å²) in [6.07, 6.45) is 4.26. The van der Waals surface area contributed by atoms with E-state index in [0.29, 0.717) is 17.7 Å². The van der Waals surface area contributed by atoms with Gasteiger partial charge < -0.3 is 15.2 Å². The first-order chi connectivity index (χ1) is 12.6. The second-order valence-corrected chi connectivity index (χ2v) is 6.23. The largest absolute Gasteiger partial charge is 0.497 e. The van der Waals surface area contributed by atoms with Crippen molar-refractivity contribution in [1.29, 1.82) is 0 Å². The highest BCUT2D eigenvalue weighted by atomic mass is 16.5. The molecule has 1 amide bonds. The highest BCUT2D eigenvalue weighted by Crippen LogP contribution is 2.15. The molecule has 0 aliphatic carbocycles. The molecule has 0 saturated carbocycles. The van der Waals surface area contributed by atoms with Crippen molar-refractivity contribution in [2.45, 2.75) is 38.5 Å². The zero-order chi connectivity index (χ0) is 18.8. The van der Waals surface area contributed by atoms with E-state index in [4.69, 9.17) is 9.84 Å². The van der Waals surface area contributed by atoms with Gasteiger partial charge in [-0.05, 0) is 54.7 Å². The van der Waals surface area contributed by atoms with E-state index >= 15 is 0 Å². The summed E-state index contributed by atoms with van der Waals surface area (Å²) in [5.41, 5.74) is 2.59. The first-order valence-corrected chi connectivity index (χ1v) is 8.80. The van der Waals surface area contributed by atoms with E-state index in [9.17, 15) is 9.59 Å². The minimum atomic E-state index is -0.884. The molecule has 0 spiro atoms. The molecule has 2 aromatic rings. The minimum absolute atomic E-state index is 0.0399. The van der Waals surface area contributed by atoms with Crippen molar-refractivity contribution in [2.75, 3.05) is 12.4 Å². The fourth-order valence-corrected chi connectivity index (χ4v) is 2.74. The van der Waals surface area contributed by atoms with Crippen molar-refractivity contribution in [2.24, 2.45) is 0 Å². The third-order valence-corrected chi connectivity index (χ3v) is 4.09. The van der Waals surface area contributed by atoms with Crippen LogP contribution in [0.5, 0.6) is 5.75 Å². The van der Waals surface area contributed by atoms with Crippen molar-refractivity contribution < 1.29 is 19.4 Å². The van der Waals surface area contributed by atoms with Crippen LogP contribution in [0.4, 0.5) is 5.69 Å². The van der Waals surface area contributed by atoms with Crippen molar-refractivity contribution in [1.82, 2.24) is 0 Å². The van der Waals surface area contributed by atoms with E-state index in [1.807, 2.05) is 12.1 Å². The average Bonchev–Trinajstić information content (AvgIpc) is 2.61. The van der Waals surface area contributed by atoms with Crippen molar-refractivity contribution in [3.8, 4) is 5.75 Å². The van der Waals surface area contributed by atoms with Gasteiger partial charge in [0.1, 0.15) is 5.75 Å². The van der Waals surface area contributed by atoms with Crippen LogP contribution in [0.2, 0.25) is 0 Å². The predicted octanol–water partition coefficient (Wildman–Crippen LogP) is 4.06.